The second-order valence-electron chi connectivity index (χ2n) is 3.88. The maximum atomic E-state index is 11.4. The van der Waals surface area contributed by atoms with Gasteiger partial charge in [0, 0.05) is 13.7 Å². The van der Waals surface area contributed by atoms with Gasteiger partial charge in [-0.15, -0.1) is 0 Å². The topological polar surface area (TPSA) is 46.5 Å². The Morgan fingerprint density at radius 2 is 2.08 bits per heavy atom. The molecule has 1 aliphatic rings. The lowest BCUT2D eigenvalue weighted by atomic mass is 9.77. The molecule has 3 nitrogen and oxygen atoms in total. The minimum absolute atomic E-state index is 0.117. The molecule has 76 valence electrons. The van der Waals surface area contributed by atoms with Crippen molar-refractivity contribution in [1.82, 2.24) is 0 Å². The van der Waals surface area contributed by atoms with Crippen molar-refractivity contribution in [1.29, 1.82) is 0 Å². The predicted octanol–water partition coefficient (Wildman–Crippen LogP) is 1.14. The van der Waals surface area contributed by atoms with Crippen molar-refractivity contribution in [2.24, 2.45) is 5.92 Å². The zero-order valence-electron chi connectivity index (χ0n) is 8.38. The molecule has 0 amide bonds. The molecule has 1 aliphatic carbocycles. The molecule has 0 spiro atoms. The molecule has 0 heterocycles. The summed E-state index contributed by atoms with van der Waals surface area (Å²) in [6.07, 6.45) is 3.29. The van der Waals surface area contributed by atoms with Gasteiger partial charge in [0.15, 0.2) is 5.78 Å². The molecule has 0 radical (unpaired) electrons. The summed E-state index contributed by atoms with van der Waals surface area (Å²) in [5.74, 6) is 0.481. The van der Waals surface area contributed by atoms with Crippen LogP contribution in [-0.4, -0.2) is 30.2 Å². The van der Waals surface area contributed by atoms with Crippen molar-refractivity contribution in [3.63, 3.8) is 0 Å². The zero-order valence-corrected chi connectivity index (χ0v) is 8.38. The van der Waals surface area contributed by atoms with Crippen LogP contribution in [0.3, 0.4) is 0 Å². The Morgan fingerprint density at radius 3 is 2.38 bits per heavy atom. The standard InChI is InChI=1S/C10H18O3/c1-8(12)10(13-2)5-3-9(7-11)4-6-10/h9,11H,3-7H2,1-2H3/t9-,10-. The fraction of sp³-hybridized carbons (Fsp3) is 0.900. The Hall–Kier alpha value is -0.410. The number of Topliss-reactive ketones (excluding diaryl/α,β-unsaturated/α-hetero) is 1. The molecule has 1 saturated carbocycles. The van der Waals surface area contributed by atoms with Crippen LogP contribution in [0.25, 0.3) is 0 Å². The van der Waals surface area contributed by atoms with Crippen molar-refractivity contribution < 1.29 is 14.6 Å². The van der Waals surface area contributed by atoms with E-state index in [-0.39, 0.29) is 12.4 Å². The fourth-order valence-electron chi connectivity index (χ4n) is 2.03. The molecule has 0 saturated heterocycles. The predicted molar refractivity (Wildman–Crippen MR) is 49.5 cm³/mol. The number of ether oxygens (including phenoxy) is 1. The summed E-state index contributed by atoms with van der Waals surface area (Å²) in [6.45, 7) is 1.82. The van der Waals surface area contributed by atoms with E-state index in [2.05, 4.69) is 0 Å². The molecule has 0 aliphatic heterocycles. The average Bonchev–Trinajstić information content (AvgIpc) is 2.17. The van der Waals surface area contributed by atoms with Gasteiger partial charge in [-0.05, 0) is 38.5 Å². The molecule has 0 bridgehead atoms. The van der Waals surface area contributed by atoms with Crippen LogP contribution in [0, 0.1) is 5.92 Å². The molecule has 13 heavy (non-hydrogen) atoms. The minimum Gasteiger partial charge on any atom is -0.396 e. The molecule has 0 unspecified atom stereocenters. The SMILES string of the molecule is CO[C@]1(C(C)=O)CC[C@@H](CO)CC1. The summed E-state index contributed by atoms with van der Waals surface area (Å²) in [6, 6.07) is 0. The lowest BCUT2D eigenvalue weighted by Gasteiger charge is -2.36. The molecule has 1 rings (SSSR count). The Labute approximate surface area is 79.1 Å². The number of aliphatic hydroxyl groups excluding tert-OH is 1. The average molecular weight is 186 g/mol. The fourth-order valence-corrected chi connectivity index (χ4v) is 2.03. The third-order valence-corrected chi connectivity index (χ3v) is 3.20. The highest BCUT2D eigenvalue weighted by Crippen LogP contribution is 2.34. The number of methoxy groups -OCH3 is 1. The van der Waals surface area contributed by atoms with Gasteiger partial charge >= 0.3 is 0 Å². The number of carbonyl (C=O) groups is 1. The number of hydrogen-bond donors (Lipinski definition) is 1. The first-order valence-corrected chi connectivity index (χ1v) is 4.81. The van der Waals surface area contributed by atoms with E-state index >= 15 is 0 Å². The van der Waals surface area contributed by atoms with E-state index in [1.807, 2.05) is 0 Å². The number of rotatable bonds is 3. The van der Waals surface area contributed by atoms with Gasteiger partial charge in [0.1, 0.15) is 5.60 Å². The zero-order chi connectivity index (χ0) is 9.90. The number of aliphatic hydroxyl groups is 1. The number of ketones is 1. The Kier molecular flexibility index (Phi) is 3.45. The minimum atomic E-state index is -0.550. The van der Waals surface area contributed by atoms with Gasteiger partial charge in [-0.3, -0.25) is 4.79 Å². The van der Waals surface area contributed by atoms with Crippen LogP contribution < -0.4 is 0 Å². The first-order valence-electron chi connectivity index (χ1n) is 4.81. The van der Waals surface area contributed by atoms with E-state index in [0.717, 1.165) is 25.7 Å². The van der Waals surface area contributed by atoms with Crippen LogP contribution in [0.1, 0.15) is 32.6 Å². The van der Waals surface area contributed by atoms with Crippen LogP contribution >= 0.6 is 0 Å². The highest BCUT2D eigenvalue weighted by atomic mass is 16.5. The monoisotopic (exact) mass is 186 g/mol. The molecule has 0 aromatic carbocycles. The first kappa shape index (κ1) is 10.7. The van der Waals surface area contributed by atoms with Gasteiger partial charge in [0.25, 0.3) is 0 Å². The summed E-state index contributed by atoms with van der Waals surface area (Å²) in [4.78, 5) is 11.4. The first-order chi connectivity index (χ1) is 6.14. The summed E-state index contributed by atoms with van der Waals surface area (Å²) in [7, 11) is 1.60. The van der Waals surface area contributed by atoms with Crippen molar-refractivity contribution in [3.8, 4) is 0 Å². The van der Waals surface area contributed by atoms with E-state index in [1.54, 1.807) is 14.0 Å². The largest absolute Gasteiger partial charge is 0.396 e. The van der Waals surface area contributed by atoms with E-state index < -0.39 is 5.60 Å². The van der Waals surface area contributed by atoms with Gasteiger partial charge in [-0.2, -0.15) is 0 Å². The van der Waals surface area contributed by atoms with Crippen LogP contribution in [0.2, 0.25) is 0 Å². The van der Waals surface area contributed by atoms with E-state index in [0.29, 0.717) is 5.92 Å². The normalized spacial score (nSPS) is 34.5. The molecular weight excluding hydrogens is 168 g/mol. The summed E-state index contributed by atoms with van der Waals surface area (Å²) < 4.78 is 5.30. The molecule has 0 aromatic heterocycles. The van der Waals surface area contributed by atoms with Gasteiger partial charge in [-0.25, -0.2) is 0 Å². The molecule has 0 atom stereocenters. The van der Waals surface area contributed by atoms with Gasteiger partial charge in [0.2, 0.25) is 0 Å². The maximum absolute atomic E-state index is 11.4. The van der Waals surface area contributed by atoms with Crippen LogP contribution in [0.4, 0.5) is 0 Å². The van der Waals surface area contributed by atoms with Crippen molar-refractivity contribution >= 4 is 5.78 Å². The lowest BCUT2D eigenvalue weighted by Crippen LogP contribution is -2.43. The second kappa shape index (κ2) is 4.20. The molecular formula is C10H18O3. The van der Waals surface area contributed by atoms with Gasteiger partial charge < -0.3 is 9.84 Å². The summed E-state index contributed by atoms with van der Waals surface area (Å²) >= 11 is 0. The van der Waals surface area contributed by atoms with Crippen molar-refractivity contribution in [2.45, 2.75) is 38.2 Å². The van der Waals surface area contributed by atoms with Crippen LogP contribution in [-0.2, 0) is 9.53 Å². The molecule has 3 heteroatoms. The van der Waals surface area contributed by atoms with Gasteiger partial charge in [0.05, 0.1) is 0 Å². The lowest BCUT2D eigenvalue weighted by molar-refractivity contribution is -0.144. The maximum Gasteiger partial charge on any atom is 0.161 e. The quantitative estimate of drug-likeness (QED) is 0.719. The molecule has 0 aromatic rings. The van der Waals surface area contributed by atoms with Crippen LogP contribution in [0.15, 0.2) is 0 Å². The molecule has 1 fully saturated rings. The summed E-state index contributed by atoms with van der Waals surface area (Å²) in [5.41, 5.74) is -0.550. The van der Waals surface area contributed by atoms with Crippen molar-refractivity contribution in [2.75, 3.05) is 13.7 Å². The van der Waals surface area contributed by atoms with Crippen molar-refractivity contribution in [3.05, 3.63) is 0 Å². The third kappa shape index (κ3) is 2.09. The highest BCUT2D eigenvalue weighted by molar-refractivity contribution is 5.85. The summed E-state index contributed by atoms with van der Waals surface area (Å²) in [5, 5.41) is 8.95. The van der Waals surface area contributed by atoms with Gasteiger partial charge in [-0.1, -0.05) is 0 Å². The van der Waals surface area contributed by atoms with E-state index in [9.17, 15) is 4.79 Å². The number of carbonyl (C=O) groups excluding carboxylic acids is 1. The smallest absolute Gasteiger partial charge is 0.161 e. The highest BCUT2D eigenvalue weighted by Gasteiger charge is 2.39. The van der Waals surface area contributed by atoms with Crippen LogP contribution in [0.5, 0.6) is 0 Å². The third-order valence-electron chi connectivity index (χ3n) is 3.20. The Bertz CT molecular complexity index is 181. The van der Waals surface area contributed by atoms with E-state index in [4.69, 9.17) is 9.84 Å². The Morgan fingerprint density at radius 1 is 1.54 bits per heavy atom. The molecule has 1 N–H and O–H groups in total. The second-order valence-corrected chi connectivity index (χ2v) is 3.88. The number of hydrogen-bond acceptors (Lipinski definition) is 3. The Balaban J connectivity index is 2.58. The van der Waals surface area contributed by atoms with E-state index in [1.165, 1.54) is 0 Å².